The summed E-state index contributed by atoms with van der Waals surface area (Å²) in [6, 6.07) is 2.06. The summed E-state index contributed by atoms with van der Waals surface area (Å²) in [7, 11) is 0. The van der Waals surface area contributed by atoms with Crippen molar-refractivity contribution >= 4 is 6.03 Å². The van der Waals surface area contributed by atoms with Gasteiger partial charge in [0, 0.05) is 31.0 Å². The fraction of sp³-hybridized carbons (Fsp3) is 0.583. The number of carbonyl (C=O) groups excluding carboxylic acids is 1. The van der Waals surface area contributed by atoms with Crippen molar-refractivity contribution in [3.63, 3.8) is 0 Å². The van der Waals surface area contributed by atoms with Gasteiger partial charge in [0.1, 0.15) is 0 Å². The number of aromatic nitrogens is 1. The number of nitrogens with zero attached hydrogens (tertiary/aromatic N) is 1. The van der Waals surface area contributed by atoms with Gasteiger partial charge in [0.2, 0.25) is 0 Å². The van der Waals surface area contributed by atoms with E-state index < -0.39 is 0 Å². The van der Waals surface area contributed by atoms with E-state index in [2.05, 4.69) is 16.4 Å². The first kappa shape index (κ1) is 12.0. The normalized spacial score (nSPS) is 16.0. The molecule has 1 aromatic rings. The molecule has 1 aliphatic heterocycles. The standard InChI is InChI=1S/C12H19N3O2/c1-9-7-11(10(2)14-9)8-13-12(16)15-3-5-17-6-4-15/h7,14H,3-6,8H2,1-2H3,(H,13,16). The molecular formula is C12H19N3O2. The summed E-state index contributed by atoms with van der Waals surface area (Å²) in [5.41, 5.74) is 3.38. The Morgan fingerprint density at radius 1 is 1.47 bits per heavy atom. The molecule has 0 aliphatic carbocycles. The molecule has 2 N–H and O–H groups in total. The van der Waals surface area contributed by atoms with Crippen molar-refractivity contribution in [3.8, 4) is 0 Å². The fourth-order valence-electron chi connectivity index (χ4n) is 2.01. The Morgan fingerprint density at radius 3 is 2.76 bits per heavy atom. The summed E-state index contributed by atoms with van der Waals surface area (Å²) in [4.78, 5) is 16.9. The summed E-state index contributed by atoms with van der Waals surface area (Å²) >= 11 is 0. The van der Waals surface area contributed by atoms with Crippen molar-refractivity contribution in [2.75, 3.05) is 26.3 Å². The van der Waals surface area contributed by atoms with E-state index in [1.165, 1.54) is 0 Å². The number of carbonyl (C=O) groups is 1. The smallest absolute Gasteiger partial charge is 0.317 e. The lowest BCUT2D eigenvalue weighted by molar-refractivity contribution is 0.0531. The highest BCUT2D eigenvalue weighted by Gasteiger charge is 2.16. The van der Waals surface area contributed by atoms with Crippen LogP contribution in [0.2, 0.25) is 0 Å². The topological polar surface area (TPSA) is 57.4 Å². The monoisotopic (exact) mass is 237 g/mol. The first-order chi connectivity index (χ1) is 8.16. The molecule has 2 amide bonds. The van der Waals surface area contributed by atoms with Crippen LogP contribution in [0.4, 0.5) is 4.79 Å². The summed E-state index contributed by atoms with van der Waals surface area (Å²) in [6.07, 6.45) is 0. The van der Waals surface area contributed by atoms with Crippen molar-refractivity contribution in [2.45, 2.75) is 20.4 Å². The molecule has 2 heterocycles. The van der Waals surface area contributed by atoms with Gasteiger partial charge in [-0.2, -0.15) is 0 Å². The SMILES string of the molecule is Cc1cc(CNC(=O)N2CCOCC2)c(C)[nH]1. The molecule has 2 rings (SSSR count). The van der Waals surface area contributed by atoms with Crippen LogP contribution in [0.1, 0.15) is 17.0 Å². The van der Waals surface area contributed by atoms with Gasteiger partial charge in [-0.25, -0.2) is 4.79 Å². The predicted octanol–water partition coefficient (Wildman–Crippen LogP) is 1.17. The quantitative estimate of drug-likeness (QED) is 0.811. The highest BCUT2D eigenvalue weighted by molar-refractivity contribution is 5.74. The van der Waals surface area contributed by atoms with E-state index >= 15 is 0 Å². The largest absolute Gasteiger partial charge is 0.378 e. The number of aryl methyl sites for hydroxylation is 2. The Kier molecular flexibility index (Phi) is 3.68. The number of aromatic amines is 1. The number of morpholine rings is 1. The summed E-state index contributed by atoms with van der Waals surface area (Å²) < 4.78 is 5.21. The lowest BCUT2D eigenvalue weighted by Crippen LogP contribution is -2.45. The van der Waals surface area contributed by atoms with E-state index in [4.69, 9.17) is 4.74 Å². The van der Waals surface area contributed by atoms with Gasteiger partial charge in [0.05, 0.1) is 13.2 Å². The van der Waals surface area contributed by atoms with Crippen LogP contribution < -0.4 is 5.32 Å². The van der Waals surface area contributed by atoms with Crippen LogP contribution in [0.25, 0.3) is 0 Å². The third-order valence-electron chi connectivity index (χ3n) is 2.99. The first-order valence-electron chi connectivity index (χ1n) is 5.92. The molecule has 1 fully saturated rings. The van der Waals surface area contributed by atoms with Crippen LogP contribution in [-0.4, -0.2) is 42.2 Å². The Morgan fingerprint density at radius 2 is 2.18 bits per heavy atom. The third-order valence-corrected chi connectivity index (χ3v) is 2.99. The minimum atomic E-state index is -0.00782. The van der Waals surface area contributed by atoms with Gasteiger partial charge in [-0.15, -0.1) is 0 Å². The lowest BCUT2D eigenvalue weighted by Gasteiger charge is -2.26. The highest BCUT2D eigenvalue weighted by atomic mass is 16.5. The van der Waals surface area contributed by atoms with Gasteiger partial charge in [-0.1, -0.05) is 0 Å². The minimum Gasteiger partial charge on any atom is -0.378 e. The molecule has 0 spiro atoms. The van der Waals surface area contributed by atoms with E-state index in [9.17, 15) is 4.79 Å². The molecule has 0 aromatic carbocycles. The first-order valence-corrected chi connectivity index (χ1v) is 5.92. The molecule has 0 unspecified atom stereocenters. The Balaban J connectivity index is 1.85. The number of rotatable bonds is 2. The maximum atomic E-state index is 11.8. The number of hydrogen-bond acceptors (Lipinski definition) is 2. The average Bonchev–Trinajstić information content (AvgIpc) is 2.66. The van der Waals surface area contributed by atoms with Crippen molar-refractivity contribution in [1.82, 2.24) is 15.2 Å². The second-order valence-electron chi connectivity index (χ2n) is 4.36. The Bertz CT molecular complexity index is 394. The third kappa shape index (κ3) is 3.00. The van der Waals surface area contributed by atoms with Crippen molar-refractivity contribution in [3.05, 3.63) is 23.0 Å². The molecular weight excluding hydrogens is 218 g/mol. The molecule has 1 saturated heterocycles. The van der Waals surface area contributed by atoms with Crippen LogP contribution in [0.3, 0.4) is 0 Å². The van der Waals surface area contributed by atoms with E-state index in [0.717, 1.165) is 17.0 Å². The molecule has 0 bridgehead atoms. The summed E-state index contributed by atoms with van der Waals surface area (Å²) in [5, 5.41) is 2.93. The summed E-state index contributed by atoms with van der Waals surface area (Å²) in [6.45, 7) is 7.23. The Labute approximate surface area is 101 Å². The zero-order chi connectivity index (χ0) is 12.3. The molecule has 0 saturated carbocycles. The van der Waals surface area contributed by atoms with Crippen LogP contribution in [-0.2, 0) is 11.3 Å². The van der Waals surface area contributed by atoms with Crippen molar-refractivity contribution < 1.29 is 9.53 Å². The van der Waals surface area contributed by atoms with Gasteiger partial charge in [0.25, 0.3) is 0 Å². The zero-order valence-electron chi connectivity index (χ0n) is 10.4. The Hall–Kier alpha value is -1.49. The van der Waals surface area contributed by atoms with Crippen LogP contribution in [0.15, 0.2) is 6.07 Å². The van der Waals surface area contributed by atoms with Gasteiger partial charge in [-0.3, -0.25) is 0 Å². The number of hydrogen-bond donors (Lipinski definition) is 2. The van der Waals surface area contributed by atoms with Crippen LogP contribution in [0.5, 0.6) is 0 Å². The maximum Gasteiger partial charge on any atom is 0.317 e. The molecule has 17 heavy (non-hydrogen) atoms. The van der Waals surface area contributed by atoms with Crippen LogP contribution in [0, 0.1) is 13.8 Å². The second-order valence-corrected chi connectivity index (χ2v) is 4.36. The predicted molar refractivity (Wildman–Crippen MR) is 64.9 cm³/mol. The molecule has 5 nitrogen and oxygen atoms in total. The highest BCUT2D eigenvalue weighted by Crippen LogP contribution is 2.09. The van der Waals surface area contributed by atoms with E-state index in [1.54, 1.807) is 4.90 Å². The fourth-order valence-corrected chi connectivity index (χ4v) is 2.01. The number of amides is 2. The zero-order valence-corrected chi connectivity index (χ0v) is 10.4. The van der Waals surface area contributed by atoms with Crippen molar-refractivity contribution in [1.29, 1.82) is 0 Å². The van der Waals surface area contributed by atoms with E-state index in [1.807, 2.05) is 13.8 Å². The number of H-pyrrole nitrogens is 1. The van der Waals surface area contributed by atoms with Gasteiger partial charge in [-0.05, 0) is 25.5 Å². The minimum absolute atomic E-state index is 0.00782. The average molecular weight is 237 g/mol. The van der Waals surface area contributed by atoms with E-state index in [-0.39, 0.29) is 6.03 Å². The van der Waals surface area contributed by atoms with Crippen LogP contribution >= 0.6 is 0 Å². The molecule has 94 valence electrons. The van der Waals surface area contributed by atoms with E-state index in [0.29, 0.717) is 32.8 Å². The number of nitrogens with one attached hydrogen (secondary N) is 2. The molecule has 1 aromatic heterocycles. The summed E-state index contributed by atoms with van der Waals surface area (Å²) in [5.74, 6) is 0. The molecule has 5 heteroatoms. The molecule has 1 aliphatic rings. The van der Waals surface area contributed by atoms with Gasteiger partial charge < -0.3 is 19.9 Å². The number of ether oxygens (including phenoxy) is 1. The lowest BCUT2D eigenvalue weighted by atomic mass is 10.2. The van der Waals surface area contributed by atoms with Gasteiger partial charge >= 0.3 is 6.03 Å². The number of urea groups is 1. The van der Waals surface area contributed by atoms with Gasteiger partial charge in [0.15, 0.2) is 0 Å². The molecule has 0 atom stereocenters. The maximum absolute atomic E-state index is 11.8. The molecule has 0 radical (unpaired) electrons. The second kappa shape index (κ2) is 5.23. The van der Waals surface area contributed by atoms with Crippen molar-refractivity contribution in [2.24, 2.45) is 0 Å².